The molecule has 98 valence electrons. The summed E-state index contributed by atoms with van der Waals surface area (Å²) in [5, 5.41) is 2.52. The van der Waals surface area contributed by atoms with E-state index in [1.165, 1.54) is 6.07 Å². The highest BCUT2D eigenvalue weighted by molar-refractivity contribution is 9.10. The van der Waals surface area contributed by atoms with Gasteiger partial charge in [0.2, 0.25) is 5.91 Å². The number of halogens is 2. The van der Waals surface area contributed by atoms with Crippen LogP contribution >= 0.6 is 28.1 Å². The van der Waals surface area contributed by atoms with E-state index in [-0.39, 0.29) is 10.7 Å². The minimum atomic E-state index is -0.989. The summed E-state index contributed by atoms with van der Waals surface area (Å²) in [7, 11) is 0. The smallest absolute Gasteiger partial charge is 0.237 e. The highest BCUT2D eigenvalue weighted by Gasteiger charge is 2.35. The standard InChI is InChI=1S/C12H14BrFN2OS/c1-3-12(2,10(15)18)11(17)16-9-7(13)5-4-6-8(9)14/h4-6H,3H2,1-2H3,(H2,15,18)(H,16,17). The van der Waals surface area contributed by atoms with Crippen LogP contribution in [0, 0.1) is 11.2 Å². The van der Waals surface area contributed by atoms with Gasteiger partial charge in [-0.1, -0.05) is 25.2 Å². The molecule has 0 saturated heterocycles. The summed E-state index contributed by atoms with van der Waals surface area (Å²) in [6.07, 6.45) is 0.445. The predicted molar refractivity (Wildman–Crippen MR) is 77.9 cm³/mol. The molecular weight excluding hydrogens is 319 g/mol. The number of nitrogens with two attached hydrogens (primary N) is 1. The van der Waals surface area contributed by atoms with Gasteiger partial charge in [0.15, 0.2) is 0 Å². The zero-order chi connectivity index (χ0) is 13.9. The molecule has 1 unspecified atom stereocenters. The first-order valence-corrected chi connectivity index (χ1v) is 6.58. The van der Waals surface area contributed by atoms with E-state index in [0.29, 0.717) is 10.9 Å². The lowest BCUT2D eigenvalue weighted by Gasteiger charge is -2.25. The van der Waals surface area contributed by atoms with Crippen LogP contribution in [0.4, 0.5) is 10.1 Å². The van der Waals surface area contributed by atoms with Gasteiger partial charge in [-0.3, -0.25) is 4.79 Å². The molecule has 0 radical (unpaired) electrons. The molecule has 1 rings (SSSR count). The molecule has 1 aromatic carbocycles. The quantitative estimate of drug-likeness (QED) is 0.832. The van der Waals surface area contributed by atoms with E-state index in [2.05, 4.69) is 21.2 Å². The molecule has 1 atom stereocenters. The van der Waals surface area contributed by atoms with Gasteiger partial charge in [-0.05, 0) is 41.4 Å². The third-order valence-electron chi connectivity index (χ3n) is 2.95. The molecule has 0 heterocycles. The summed E-state index contributed by atoms with van der Waals surface area (Å²) >= 11 is 8.08. The summed E-state index contributed by atoms with van der Waals surface area (Å²) in [5.74, 6) is -0.928. The zero-order valence-electron chi connectivity index (χ0n) is 10.1. The van der Waals surface area contributed by atoms with Gasteiger partial charge < -0.3 is 11.1 Å². The fourth-order valence-electron chi connectivity index (χ4n) is 1.32. The van der Waals surface area contributed by atoms with Crippen molar-refractivity contribution in [1.82, 2.24) is 0 Å². The minimum absolute atomic E-state index is 0.0926. The van der Waals surface area contributed by atoms with E-state index in [1.54, 1.807) is 26.0 Å². The van der Waals surface area contributed by atoms with Crippen LogP contribution in [0.1, 0.15) is 20.3 Å². The lowest BCUT2D eigenvalue weighted by molar-refractivity contribution is -0.121. The molecule has 0 bridgehead atoms. The van der Waals surface area contributed by atoms with Gasteiger partial charge in [-0.15, -0.1) is 0 Å². The van der Waals surface area contributed by atoms with Crippen LogP contribution in [-0.4, -0.2) is 10.9 Å². The number of para-hydroxylation sites is 1. The molecule has 3 N–H and O–H groups in total. The Hall–Kier alpha value is -1.01. The second-order valence-electron chi connectivity index (χ2n) is 4.10. The Bertz CT molecular complexity index is 475. The Morgan fingerprint density at radius 3 is 2.67 bits per heavy atom. The topological polar surface area (TPSA) is 55.1 Å². The fourth-order valence-corrected chi connectivity index (χ4v) is 1.99. The molecule has 0 aliphatic rings. The third kappa shape index (κ3) is 2.87. The molecule has 6 heteroatoms. The molecule has 0 aliphatic carbocycles. The van der Waals surface area contributed by atoms with E-state index in [9.17, 15) is 9.18 Å². The van der Waals surface area contributed by atoms with Gasteiger partial charge in [-0.25, -0.2) is 4.39 Å². The van der Waals surface area contributed by atoms with Crippen molar-refractivity contribution < 1.29 is 9.18 Å². The number of carbonyl (C=O) groups is 1. The van der Waals surface area contributed by atoms with Crippen LogP contribution in [0.15, 0.2) is 22.7 Å². The molecule has 3 nitrogen and oxygen atoms in total. The average molecular weight is 333 g/mol. The normalized spacial score (nSPS) is 13.8. The molecule has 0 aromatic heterocycles. The molecular formula is C12H14BrFN2OS. The third-order valence-corrected chi connectivity index (χ3v) is 4.06. The SMILES string of the molecule is CCC(C)(C(=O)Nc1c(F)cccc1Br)C(N)=S. The summed E-state index contributed by atoms with van der Waals surface area (Å²) in [6, 6.07) is 4.45. The number of anilines is 1. The van der Waals surface area contributed by atoms with E-state index >= 15 is 0 Å². The lowest BCUT2D eigenvalue weighted by atomic mass is 9.86. The molecule has 0 saturated carbocycles. The maximum Gasteiger partial charge on any atom is 0.237 e. The van der Waals surface area contributed by atoms with Crippen molar-refractivity contribution in [1.29, 1.82) is 0 Å². The molecule has 0 aliphatic heterocycles. The van der Waals surface area contributed by atoms with Crippen molar-refractivity contribution in [3.05, 3.63) is 28.5 Å². The number of nitrogens with one attached hydrogen (secondary N) is 1. The van der Waals surface area contributed by atoms with Crippen LogP contribution in [0.2, 0.25) is 0 Å². The first-order chi connectivity index (χ1) is 8.32. The van der Waals surface area contributed by atoms with Gasteiger partial charge in [0, 0.05) is 4.47 Å². The predicted octanol–water partition coefficient (Wildman–Crippen LogP) is 3.23. The van der Waals surface area contributed by atoms with Crippen LogP contribution < -0.4 is 11.1 Å². The van der Waals surface area contributed by atoms with Gasteiger partial charge >= 0.3 is 0 Å². The number of hydrogen-bond acceptors (Lipinski definition) is 2. The van der Waals surface area contributed by atoms with Gasteiger partial charge in [0.1, 0.15) is 5.82 Å². The molecule has 1 amide bonds. The summed E-state index contributed by atoms with van der Waals surface area (Å²) in [4.78, 5) is 12.2. The van der Waals surface area contributed by atoms with Crippen molar-refractivity contribution >= 4 is 44.7 Å². The highest BCUT2D eigenvalue weighted by atomic mass is 79.9. The number of hydrogen-bond donors (Lipinski definition) is 2. The van der Waals surface area contributed by atoms with E-state index in [4.69, 9.17) is 18.0 Å². The fraction of sp³-hybridized carbons (Fsp3) is 0.333. The summed E-state index contributed by atoms with van der Waals surface area (Å²) in [6.45, 7) is 3.44. The summed E-state index contributed by atoms with van der Waals surface area (Å²) < 4.78 is 14.1. The molecule has 1 aromatic rings. The van der Waals surface area contributed by atoms with Crippen molar-refractivity contribution in [2.45, 2.75) is 20.3 Å². The van der Waals surface area contributed by atoms with E-state index in [1.807, 2.05) is 0 Å². The van der Waals surface area contributed by atoms with Crippen LogP contribution in [-0.2, 0) is 4.79 Å². The second kappa shape index (κ2) is 5.75. The van der Waals surface area contributed by atoms with Gasteiger partial charge in [-0.2, -0.15) is 0 Å². The monoisotopic (exact) mass is 332 g/mol. The second-order valence-corrected chi connectivity index (χ2v) is 5.39. The molecule has 0 fully saturated rings. The molecule has 0 spiro atoms. The zero-order valence-corrected chi connectivity index (χ0v) is 12.5. The Morgan fingerprint density at radius 1 is 1.61 bits per heavy atom. The maximum absolute atomic E-state index is 13.6. The Kier molecular flexibility index (Phi) is 4.81. The van der Waals surface area contributed by atoms with Crippen molar-refractivity contribution in [3.63, 3.8) is 0 Å². The van der Waals surface area contributed by atoms with Gasteiger partial charge in [0.25, 0.3) is 0 Å². The van der Waals surface area contributed by atoms with Crippen molar-refractivity contribution in [2.75, 3.05) is 5.32 Å². The largest absolute Gasteiger partial charge is 0.392 e. The average Bonchev–Trinajstić information content (AvgIpc) is 2.32. The highest BCUT2D eigenvalue weighted by Crippen LogP contribution is 2.29. The van der Waals surface area contributed by atoms with E-state index < -0.39 is 17.1 Å². The molecule has 18 heavy (non-hydrogen) atoms. The van der Waals surface area contributed by atoms with Crippen molar-refractivity contribution in [2.24, 2.45) is 11.1 Å². The Balaban J connectivity index is 3.05. The maximum atomic E-state index is 13.6. The lowest BCUT2D eigenvalue weighted by Crippen LogP contribution is -2.43. The number of benzene rings is 1. The van der Waals surface area contributed by atoms with Crippen LogP contribution in [0.25, 0.3) is 0 Å². The van der Waals surface area contributed by atoms with Gasteiger partial charge in [0.05, 0.1) is 16.1 Å². The number of carbonyl (C=O) groups excluding carboxylic acids is 1. The number of amides is 1. The number of rotatable bonds is 4. The van der Waals surface area contributed by atoms with Crippen LogP contribution in [0.5, 0.6) is 0 Å². The summed E-state index contributed by atoms with van der Waals surface area (Å²) in [5.41, 5.74) is 4.68. The van der Waals surface area contributed by atoms with Crippen LogP contribution in [0.3, 0.4) is 0 Å². The Morgan fingerprint density at radius 2 is 2.22 bits per heavy atom. The first kappa shape index (κ1) is 15.0. The Labute approximate surface area is 119 Å². The first-order valence-electron chi connectivity index (χ1n) is 5.38. The number of thiocarbonyl (C=S) groups is 1. The van der Waals surface area contributed by atoms with E-state index in [0.717, 1.165) is 0 Å². The van der Waals surface area contributed by atoms with Crippen molar-refractivity contribution in [3.8, 4) is 0 Å². The minimum Gasteiger partial charge on any atom is -0.392 e.